The molecule has 0 aromatic rings. The highest BCUT2D eigenvalue weighted by atomic mass is 79.9. The van der Waals surface area contributed by atoms with Gasteiger partial charge in [-0.1, -0.05) is 28.1 Å². The van der Waals surface area contributed by atoms with Crippen LogP contribution in [-0.2, 0) is 10.0 Å². The average molecular weight is 268 g/mol. The van der Waals surface area contributed by atoms with Crippen LogP contribution in [-0.4, -0.2) is 30.5 Å². The molecular weight excluding hydrogens is 254 g/mol. The van der Waals surface area contributed by atoms with Gasteiger partial charge >= 0.3 is 0 Å². The van der Waals surface area contributed by atoms with Crippen molar-refractivity contribution in [1.82, 2.24) is 4.31 Å². The van der Waals surface area contributed by atoms with E-state index in [-0.39, 0.29) is 4.66 Å². The molecule has 0 aliphatic heterocycles. The summed E-state index contributed by atoms with van der Waals surface area (Å²) < 4.78 is 24.1. The lowest BCUT2D eigenvalue weighted by Crippen LogP contribution is -2.32. The van der Waals surface area contributed by atoms with Gasteiger partial charge in [0.05, 0.1) is 0 Å². The average Bonchev–Trinajstić information content (AvgIpc) is 2.12. The number of hydrogen-bond donors (Lipinski definition) is 0. The second kappa shape index (κ2) is 6.34. The molecule has 0 aliphatic rings. The summed E-state index contributed by atoms with van der Waals surface area (Å²) in [6, 6.07) is 0. The van der Waals surface area contributed by atoms with Gasteiger partial charge in [-0.2, -0.15) is 4.31 Å². The normalized spacial score (nSPS) is 11.5. The summed E-state index contributed by atoms with van der Waals surface area (Å²) in [6.45, 7) is 7.86. The lowest BCUT2D eigenvalue weighted by molar-refractivity contribution is 0.452. The van der Waals surface area contributed by atoms with Crippen molar-refractivity contribution in [3.05, 3.63) is 25.3 Å². The molecule has 0 spiro atoms. The van der Waals surface area contributed by atoms with E-state index in [1.807, 2.05) is 0 Å². The van der Waals surface area contributed by atoms with Crippen molar-refractivity contribution in [1.29, 1.82) is 0 Å². The second-order valence-electron chi connectivity index (χ2n) is 2.45. The zero-order valence-electron chi connectivity index (χ0n) is 7.45. The van der Waals surface area contributed by atoms with Crippen molar-refractivity contribution < 1.29 is 8.42 Å². The van der Waals surface area contributed by atoms with Crippen LogP contribution >= 0.6 is 15.9 Å². The summed E-state index contributed by atoms with van der Waals surface area (Å²) in [4.78, 5) is 0. The number of hydrogen-bond acceptors (Lipinski definition) is 2. The summed E-state index contributed by atoms with van der Waals surface area (Å²) in [5, 5.41) is 0. The van der Waals surface area contributed by atoms with Gasteiger partial charge in [0.2, 0.25) is 10.0 Å². The molecule has 0 aliphatic carbocycles. The number of halogens is 1. The molecule has 0 aromatic carbocycles. The molecule has 0 bridgehead atoms. The van der Waals surface area contributed by atoms with Crippen molar-refractivity contribution in [2.75, 3.05) is 17.8 Å². The van der Waals surface area contributed by atoms with Gasteiger partial charge in [0.15, 0.2) is 0 Å². The molecule has 0 unspecified atom stereocenters. The predicted molar refractivity (Wildman–Crippen MR) is 59.3 cm³/mol. The maximum absolute atomic E-state index is 11.4. The molecule has 76 valence electrons. The fourth-order valence-corrected chi connectivity index (χ4v) is 2.52. The van der Waals surface area contributed by atoms with Crippen LogP contribution in [0.25, 0.3) is 0 Å². The van der Waals surface area contributed by atoms with Gasteiger partial charge in [0, 0.05) is 13.1 Å². The lowest BCUT2D eigenvalue weighted by atomic mass is 10.4. The highest BCUT2D eigenvalue weighted by molar-refractivity contribution is 9.10. The van der Waals surface area contributed by atoms with E-state index in [4.69, 9.17) is 0 Å². The van der Waals surface area contributed by atoms with Gasteiger partial charge in [-0.15, -0.1) is 13.2 Å². The van der Waals surface area contributed by atoms with Crippen molar-refractivity contribution in [2.24, 2.45) is 0 Å². The summed E-state index contributed by atoms with van der Waals surface area (Å²) in [5.74, 6) is 0. The number of rotatable bonds is 7. The molecule has 0 saturated carbocycles. The minimum absolute atomic E-state index is 0.0506. The molecule has 13 heavy (non-hydrogen) atoms. The Morgan fingerprint density at radius 3 is 2.31 bits per heavy atom. The second-order valence-corrected chi connectivity index (χ2v) is 5.72. The molecule has 0 fully saturated rings. The fourth-order valence-electron chi connectivity index (χ4n) is 0.792. The van der Waals surface area contributed by atoms with Crippen molar-refractivity contribution in [3.8, 4) is 0 Å². The van der Waals surface area contributed by atoms with Gasteiger partial charge in [-0.3, -0.25) is 0 Å². The van der Waals surface area contributed by atoms with Crippen LogP contribution < -0.4 is 0 Å². The van der Waals surface area contributed by atoms with E-state index in [1.165, 1.54) is 4.31 Å². The molecule has 0 atom stereocenters. The maximum Gasteiger partial charge on any atom is 0.224 e. The lowest BCUT2D eigenvalue weighted by Gasteiger charge is -2.18. The highest BCUT2D eigenvalue weighted by Gasteiger charge is 2.17. The SMILES string of the molecule is C=CCCN(CC=C)S(=O)(=O)CBr. The zero-order valence-corrected chi connectivity index (χ0v) is 9.85. The standard InChI is InChI=1S/C8H14BrNO2S/c1-3-5-7-10(6-4-2)13(11,12)8-9/h3-4H,1-2,5-8H2. The Bertz CT molecular complexity index is 261. The summed E-state index contributed by atoms with van der Waals surface area (Å²) in [7, 11) is -3.16. The zero-order chi connectivity index (χ0) is 10.3. The van der Waals surface area contributed by atoms with E-state index >= 15 is 0 Å². The summed E-state index contributed by atoms with van der Waals surface area (Å²) >= 11 is 2.94. The maximum atomic E-state index is 11.4. The first-order valence-corrected chi connectivity index (χ1v) is 6.57. The molecule has 0 saturated heterocycles. The van der Waals surface area contributed by atoms with E-state index < -0.39 is 10.0 Å². The van der Waals surface area contributed by atoms with Gasteiger partial charge in [-0.05, 0) is 6.42 Å². The third kappa shape index (κ3) is 4.59. The van der Waals surface area contributed by atoms with Gasteiger partial charge in [0.25, 0.3) is 0 Å². The van der Waals surface area contributed by atoms with E-state index in [0.29, 0.717) is 19.5 Å². The van der Waals surface area contributed by atoms with Crippen molar-refractivity contribution in [3.63, 3.8) is 0 Å². The van der Waals surface area contributed by atoms with Crippen LogP contribution in [0.3, 0.4) is 0 Å². The number of alkyl halides is 1. The molecule has 0 amide bonds. The Kier molecular flexibility index (Phi) is 6.28. The Hall–Kier alpha value is -0.130. The van der Waals surface area contributed by atoms with Crippen LogP contribution in [0.4, 0.5) is 0 Å². The smallest absolute Gasteiger partial charge is 0.211 e. The topological polar surface area (TPSA) is 37.4 Å². The van der Waals surface area contributed by atoms with Gasteiger partial charge in [0.1, 0.15) is 4.66 Å². The molecule has 0 rings (SSSR count). The van der Waals surface area contributed by atoms with Crippen LogP contribution in [0.5, 0.6) is 0 Å². The Balaban J connectivity index is 4.40. The molecule has 5 heteroatoms. The number of nitrogens with zero attached hydrogens (tertiary/aromatic N) is 1. The first kappa shape index (κ1) is 12.9. The van der Waals surface area contributed by atoms with E-state index in [2.05, 4.69) is 29.1 Å². The van der Waals surface area contributed by atoms with Gasteiger partial charge < -0.3 is 0 Å². The Morgan fingerprint density at radius 1 is 1.31 bits per heavy atom. The third-order valence-electron chi connectivity index (χ3n) is 1.45. The van der Waals surface area contributed by atoms with E-state index in [1.54, 1.807) is 12.2 Å². The summed E-state index contributed by atoms with van der Waals surface area (Å²) in [6.07, 6.45) is 3.92. The van der Waals surface area contributed by atoms with Crippen LogP contribution in [0.15, 0.2) is 25.3 Å². The molecule has 0 N–H and O–H groups in total. The molecule has 0 radical (unpaired) electrons. The largest absolute Gasteiger partial charge is 0.224 e. The molecule has 0 heterocycles. The highest BCUT2D eigenvalue weighted by Crippen LogP contribution is 2.06. The first-order valence-electron chi connectivity index (χ1n) is 3.84. The molecule has 3 nitrogen and oxygen atoms in total. The minimum atomic E-state index is -3.16. The minimum Gasteiger partial charge on any atom is -0.211 e. The Labute approximate surface area is 88.3 Å². The van der Waals surface area contributed by atoms with Crippen LogP contribution in [0, 0.1) is 0 Å². The monoisotopic (exact) mass is 267 g/mol. The van der Waals surface area contributed by atoms with E-state index in [9.17, 15) is 8.42 Å². The Morgan fingerprint density at radius 2 is 1.92 bits per heavy atom. The van der Waals surface area contributed by atoms with Crippen molar-refractivity contribution >= 4 is 26.0 Å². The molecule has 0 aromatic heterocycles. The summed E-state index contributed by atoms with van der Waals surface area (Å²) in [5.41, 5.74) is 0. The first-order chi connectivity index (χ1) is 6.08. The molecular formula is C8H14BrNO2S. The third-order valence-corrected chi connectivity index (χ3v) is 4.58. The number of sulfonamides is 1. The quantitative estimate of drug-likeness (QED) is 0.521. The van der Waals surface area contributed by atoms with Crippen LogP contribution in [0.2, 0.25) is 0 Å². The van der Waals surface area contributed by atoms with Crippen LogP contribution in [0.1, 0.15) is 6.42 Å². The fraction of sp³-hybridized carbons (Fsp3) is 0.500. The predicted octanol–water partition coefficient (Wildman–Crippen LogP) is 1.73. The van der Waals surface area contributed by atoms with Crippen molar-refractivity contribution in [2.45, 2.75) is 6.42 Å². The van der Waals surface area contributed by atoms with Gasteiger partial charge in [-0.25, -0.2) is 8.42 Å². The van der Waals surface area contributed by atoms with E-state index in [0.717, 1.165) is 0 Å².